The van der Waals surface area contributed by atoms with E-state index in [0.29, 0.717) is 28.7 Å². The Balaban J connectivity index is 0.00000300. The van der Waals surface area contributed by atoms with Crippen molar-refractivity contribution in [2.24, 2.45) is 4.99 Å². The third kappa shape index (κ3) is 6.05. The number of benzene rings is 2. The predicted molar refractivity (Wildman–Crippen MR) is 126 cm³/mol. The molecule has 1 saturated carbocycles. The van der Waals surface area contributed by atoms with Gasteiger partial charge in [0.2, 0.25) is 0 Å². The van der Waals surface area contributed by atoms with Crippen LogP contribution in [0.5, 0.6) is 0 Å². The molecule has 2 aromatic carbocycles. The first-order chi connectivity index (χ1) is 13.5. The molecule has 2 atom stereocenters. The first-order valence-electron chi connectivity index (χ1n) is 9.25. The van der Waals surface area contributed by atoms with Crippen molar-refractivity contribution in [2.45, 2.75) is 24.8 Å². The number of hydrogen-bond donors (Lipinski definition) is 3. The number of carbonyl (C=O) groups excluding carboxylic acids is 1. The zero-order valence-electron chi connectivity index (χ0n) is 16.3. The summed E-state index contributed by atoms with van der Waals surface area (Å²) in [5, 5.41) is 9.68. The van der Waals surface area contributed by atoms with Crippen LogP contribution in [0.4, 0.5) is 4.39 Å². The van der Waals surface area contributed by atoms with E-state index in [1.165, 1.54) is 6.07 Å². The number of nitrogens with zero attached hydrogens (tertiary/aromatic N) is 1. The molecule has 29 heavy (non-hydrogen) atoms. The van der Waals surface area contributed by atoms with Crippen molar-refractivity contribution >= 4 is 47.4 Å². The van der Waals surface area contributed by atoms with Crippen LogP contribution in [0.2, 0.25) is 5.02 Å². The van der Waals surface area contributed by atoms with Crippen molar-refractivity contribution in [1.29, 1.82) is 0 Å². The Morgan fingerprint density at radius 2 is 2.03 bits per heavy atom. The molecule has 1 aliphatic carbocycles. The van der Waals surface area contributed by atoms with Crippen LogP contribution in [0.25, 0.3) is 0 Å². The van der Waals surface area contributed by atoms with E-state index in [1.54, 1.807) is 32.3 Å². The van der Waals surface area contributed by atoms with Gasteiger partial charge in [0.25, 0.3) is 5.91 Å². The van der Waals surface area contributed by atoms with Crippen LogP contribution in [-0.4, -0.2) is 38.5 Å². The van der Waals surface area contributed by atoms with Gasteiger partial charge < -0.3 is 16.0 Å². The molecule has 156 valence electrons. The highest BCUT2D eigenvalue weighted by atomic mass is 127. The highest BCUT2D eigenvalue weighted by Gasteiger charge is 2.41. The number of rotatable bonds is 6. The summed E-state index contributed by atoms with van der Waals surface area (Å²) < 4.78 is 14.1. The van der Waals surface area contributed by atoms with Gasteiger partial charge in [-0.2, -0.15) is 0 Å². The van der Waals surface area contributed by atoms with Crippen molar-refractivity contribution in [3.63, 3.8) is 0 Å². The van der Waals surface area contributed by atoms with Gasteiger partial charge in [0, 0.05) is 48.7 Å². The van der Waals surface area contributed by atoms with Crippen LogP contribution in [0.15, 0.2) is 47.5 Å². The van der Waals surface area contributed by atoms with Crippen molar-refractivity contribution in [3.05, 3.63) is 70.0 Å². The molecule has 0 radical (unpaired) electrons. The number of hydrogen-bond acceptors (Lipinski definition) is 2. The number of carbonyl (C=O) groups is 1. The van der Waals surface area contributed by atoms with Gasteiger partial charge in [-0.05, 0) is 42.7 Å². The minimum absolute atomic E-state index is 0. The van der Waals surface area contributed by atoms with Crippen molar-refractivity contribution < 1.29 is 9.18 Å². The van der Waals surface area contributed by atoms with Crippen LogP contribution in [-0.2, 0) is 6.42 Å². The summed E-state index contributed by atoms with van der Waals surface area (Å²) in [6.07, 6.45) is 1.56. The van der Waals surface area contributed by atoms with Gasteiger partial charge in [-0.25, -0.2) is 4.39 Å². The van der Waals surface area contributed by atoms with Gasteiger partial charge in [-0.15, -0.1) is 24.0 Å². The smallest absolute Gasteiger partial charge is 0.251 e. The van der Waals surface area contributed by atoms with Gasteiger partial charge in [0.15, 0.2) is 5.96 Å². The average molecular weight is 531 g/mol. The Labute approximate surface area is 192 Å². The van der Waals surface area contributed by atoms with E-state index in [-0.39, 0.29) is 47.7 Å². The summed E-state index contributed by atoms with van der Waals surface area (Å²) >= 11 is 6.16. The SMILES string of the molecule is CN=C(NCCc1cccc(C(=O)NC)c1)NC1CC1c1c(F)cccc1Cl.I. The van der Waals surface area contributed by atoms with Gasteiger partial charge in [-0.1, -0.05) is 29.8 Å². The highest BCUT2D eigenvalue weighted by molar-refractivity contribution is 14.0. The van der Waals surface area contributed by atoms with Crippen molar-refractivity contribution in [2.75, 3.05) is 20.6 Å². The van der Waals surface area contributed by atoms with Crippen LogP contribution in [0, 0.1) is 5.82 Å². The third-order valence-corrected chi connectivity index (χ3v) is 5.16. The number of aliphatic imine (C=N–C) groups is 1. The molecule has 0 spiro atoms. The number of nitrogens with one attached hydrogen (secondary N) is 3. The van der Waals surface area contributed by atoms with Gasteiger partial charge in [0.1, 0.15) is 5.82 Å². The average Bonchev–Trinajstić information content (AvgIpc) is 3.45. The molecular formula is C21H25ClFIN4O. The fourth-order valence-electron chi connectivity index (χ4n) is 3.25. The minimum Gasteiger partial charge on any atom is -0.356 e. The molecule has 1 fully saturated rings. The van der Waals surface area contributed by atoms with Crippen molar-refractivity contribution in [1.82, 2.24) is 16.0 Å². The summed E-state index contributed by atoms with van der Waals surface area (Å²) in [4.78, 5) is 16.0. The molecule has 5 nitrogen and oxygen atoms in total. The molecule has 2 aromatic rings. The maximum absolute atomic E-state index is 14.1. The monoisotopic (exact) mass is 530 g/mol. The Morgan fingerprint density at radius 3 is 2.72 bits per heavy atom. The molecule has 0 saturated heterocycles. The topological polar surface area (TPSA) is 65.5 Å². The lowest BCUT2D eigenvalue weighted by atomic mass is 10.1. The van der Waals surface area contributed by atoms with Gasteiger partial charge in [-0.3, -0.25) is 9.79 Å². The fraction of sp³-hybridized carbons (Fsp3) is 0.333. The lowest BCUT2D eigenvalue weighted by Gasteiger charge is -2.13. The van der Waals surface area contributed by atoms with E-state index in [9.17, 15) is 9.18 Å². The van der Waals surface area contributed by atoms with E-state index in [2.05, 4.69) is 20.9 Å². The van der Waals surface area contributed by atoms with E-state index >= 15 is 0 Å². The van der Waals surface area contributed by atoms with E-state index in [0.717, 1.165) is 18.4 Å². The first kappa shape index (κ1) is 23.4. The lowest BCUT2D eigenvalue weighted by molar-refractivity contribution is 0.0963. The normalized spacial score (nSPS) is 17.9. The molecule has 8 heteroatoms. The standard InChI is InChI=1S/C21H24ClFN4O.HI/c1-24-20(28)14-6-3-5-13(11-14)9-10-26-21(25-2)27-18-12-15(18)19-16(22)7-4-8-17(19)23;/h3-8,11,15,18H,9-10,12H2,1-2H3,(H,24,28)(H2,25,26,27);1H. The molecule has 1 aliphatic rings. The molecule has 0 aliphatic heterocycles. The lowest BCUT2D eigenvalue weighted by Crippen LogP contribution is -2.40. The first-order valence-corrected chi connectivity index (χ1v) is 9.63. The predicted octanol–water partition coefficient (Wildman–Crippen LogP) is 3.72. The van der Waals surface area contributed by atoms with Crippen LogP contribution in [0.3, 0.4) is 0 Å². The van der Waals surface area contributed by atoms with E-state index in [1.807, 2.05) is 18.2 Å². The third-order valence-electron chi connectivity index (χ3n) is 4.83. The molecule has 2 unspecified atom stereocenters. The fourth-order valence-corrected chi connectivity index (χ4v) is 3.55. The second-order valence-corrected chi connectivity index (χ2v) is 7.16. The Morgan fingerprint density at radius 1 is 1.28 bits per heavy atom. The molecule has 3 N–H and O–H groups in total. The van der Waals surface area contributed by atoms with Crippen LogP contribution in [0.1, 0.15) is 33.8 Å². The van der Waals surface area contributed by atoms with Gasteiger partial charge in [0.05, 0.1) is 0 Å². The maximum atomic E-state index is 14.1. The largest absolute Gasteiger partial charge is 0.356 e. The van der Waals surface area contributed by atoms with Crippen LogP contribution >= 0.6 is 35.6 Å². The second kappa shape index (κ2) is 10.8. The van der Waals surface area contributed by atoms with E-state index < -0.39 is 0 Å². The zero-order chi connectivity index (χ0) is 20.1. The number of guanidine groups is 1. The minimum atomic E-state index is -0.263. The molecular weight excluding hydrogens is 506 g/mol. The Hall–Kier alpha value is -1.87. The summed E-state index contributed by atoms with van der Waals surface area (Å²) in [6, 6.07) is 12.4. The Kier molecular flexibility index (Phi) is 8.70. The second-order valence-electron chi connectivity index (χ2n) is 6.76. The molecule has 0 bridgehead atoms. The summed E-state index contributed by atoms with van der Waals surface area (Å²) in [5.74, 6) is 0.360. The zero-order valence-corrected chi connectivity index (χ0v) is 19.4. The molecule has 0 heterocycles. The highest BCUT2D eigenvalue weighted by Crippen LogP contribution is 2.44. The summed E-state index contributed by atoms with van der Waals surface area (Å²) in [6.45, 7) is 0.661. The molecule has 1 amide bonds. The Bertz CT molecular complexity index is 872. The number of amides is 1. The molecule has 0 aromatic heterocycles. The quantitative estimate of drug-likeness (QED) is 0.303. The summed E-state index contributed by atoms with van der Waals surface area (Å²) in [7, 11) is 3.32. The summed E-state index contributed by atoms with van der Waals surface area (Å²) in [5.41, 5.74) is 2.28. The van der Waals surface area contributed by atoms with Gasteiger partial charge >= 0.3 is 0 Å². The van der Waals surface area contributed by atoms with Crippen molar-refractivity contribution in [3.8, 4) is 0 Å². The number of halogens is 3. The maximum Gasteiger partial charge on any atom is 0.251 e. The van der Waals surface area contributed by atoms with E-state index in [4.69, 9.17) is 11.6 Å². The molecule has 3 rings (SSSR count). The van der Waals surface area contributed by atoms with Crippen LogP contribution < -0.4 is 16.0 Å².